The normalized spacial score (nSPS) is 10.4. The van der Waals surface area contributed by atoms with Crippen LogP contribution in [-0.2, 0) is 0 Å². The van der Waals surface area contributed by atoms with E-state index >= 15 is 0 Å². The Balaban J connectivity index is 2.66. The first-order chi connectivity index (χ1) is 7.63. The van der Waals surface area contributed by atoms with Crippen molar-refractivity contribution >= 4 is 27.5 Å². The number of nitrogens with one attached hydrogen (secondary N) is 1. The van der Waals surface area contributed by atoms with E-state index in [1.54, 1.807) is 12.1 Å². The molecule has 2 rings (SSSR count). The van der Waals surface area contributed by atoms with Crippen LogP contribution in [0.1, 0.15) is 0 Å². The Bertz CT molecular complexity index is 580. The Morgan fingerprint density at radius 1 is 1.56 bits per heavy atom. The van der Waals surface area contributed by atoms with Crippen molar-refractivity contribution in [2.75, 3.05) is 7.11 Å². The second kappa shape index (κ2) is 4.26. The lowest BCUT2D eigenvalue weighted by Gasteiger charge is -2.07. The van der Waals surface area contributed by atoms with Crippen molar-refractivity contribution in [2.24, 2.45) is 0 Å². The van der Waals surface area contributed by atoms with Gasteiger partial charge in [0.15, 0.2) is 0 Å². The second-order valence-electron chi connectivity index (χ2n) is 2.86. The first kappa shape index (κ1) is 11.2. The van der Waals surface area contributed by atoms with Crippen molar-refractivity contribution in [2.45, 2.75) is 0 Å². The summed E-state index contributed by atoms with van der Waals surface area (Å²) in [7, 11) is 1.52. The van der Waals surface area contributed by atoms with E-state index in [-0.39, 0.29) is 0 Å². The highest BCUT2D eigenvalue weighted by atomic mass is 79.9. The van der Waals surface area contributed by atoms with Gasteiger partial charge in [-0.25, -0.2) is 9.89 Å². The molecule has 8 heteroatoms. The maximum absolute atomic E-state index is 11.3. The quantitative estimate of drug-likeness (QED) is 0.910. The number of halogens is 2. The van der Waals surface area contributed by atoms with E-state index in [1.165, 1.54) is 7.11 Å². The number of aromatic nitrogens is 4. The van der Waals surface area contributed by atoms with Gasteiger partial charge in [0, 0.05) is 6.07 Å². The van der Waals surface area contributed by atoms with E-state index in [0.717, 1.165) is 4.68 Å². The number of benzene rings is 1. The minimum absolute atomic E-state index is 0.365. The van der Waals surface area contributed by atoms with Gasteiger partial charge in [-0.15, -0.1) is 0 Å². The average Bonchev–Trinajstić information content (AvgIpc) is 2.65. The number of nitrogens with zero attached hydrogens (tertiary/aromatic N) is 3. The van der Waals surface area contributed by atoms with Gasteiger partial charge in [-0.3, -0.25) is 0 Å². The number of hydrogen-bond donors (Lipinski definition) is 1. The van der Waals surface area contributed by atoms with Gasteiger partial charge in [0.1, 0.15) is 5.75 Å². The summed E-state index contributed by atoms with van der Waals surface area (Å²) < 4.78 is 6.85. The summed E-state index contributed by atoms with van der Waals surface area (Å²) in [5.74, 6) is 0.550. The highest BCUT2D eigenvalue weighted by Crippen LogP contribution is 2.32. The van der Waals surface area contributed by atoms with E-state index in [0.29, 0.717) is 20.9 Å². The molecule has 16 heavy (non-hydrogen) atoms. The molecular weight excluding hydrogens is 299 g/mol. The number of aromatic amines is 1. The third-order valence-corrected chi connectivity index (χ3v) is 2.84. The first-order valence-corrected chi connectivity index (χ1v) is 5.34. The fraction of sp³-hybridized carbons (Fsp3) is 0.125. The Labute approximate surface area is 103 Å². The number of hydrogen-bond acceptors (Lipinski definition) is 4. The molecule has 1 N–H and O–H groups in total. The highest BCUT2D eigenvalue weighted by molar-refractivity contribution is 9.10. The third-order valence-electron chi connectivity index (χ3n) is 1.92. The number of rotatable bonds is 2. The molecular formula is C8H6BrClN4O2. The Morgan fingerprint density at radius 3 is 2.88 bits per heavy atom. The van der Waals surface area contributed by atoms with Crippen LogP contribution in [0.25, 0.3) is 5.69 Å². The molecule has 1 aromatic heterocycles. The summed E-state index contributed by atoms with van der Waals surface area (Å²) >= 11 is 9.28. The van der Waals surface area contributed by atoms with Crippen LogP contribution in [0.4, 0.5) is 0 Å². The fourth-order valence-corrected chi connectivity index (χ4v) is 2.07. The van der Waals surface area contributed by atoms with Crippen molar-refractivity contribution in [3.8, 4) is 11.4 Å². The summed E-state index contributed by atoms with van der Waals surface area (Å²) in [5.41, 5.74) is -0.0632. The number of methoxy groups -OCH3 is 1. The standard InChI is InChI=1S/C8H6BrClN4O2/c1-16-7-3-6(5(10)2-4(7)9)14-8(15)11-12-13-14/h2-3H,1H3,(H,11,13,15). The molecule has 0 amide bonds. The van der Waals surface area contributed by atoms with E-state index < -0.39 is 5.69 Å². The van der Waals surface area contributed by atoms with Crippen LogP contribution in [0.2, 0.25) is 5.02 Å². The molecule has 0 unspecified atom stereocenters. The van der Waals surface area contributed by atoms with E-state index in [2.05, 4.69) is 31.5 Å². The van der Waals surface area contributed by atoms with E-state index in [9.17, 15) is 4.79 Å². The van der Waals surface area contributed by atoms with Crippen LogP contribution in [0.3, 0.4) is 0 Å². The summed E-state index contributed by atoms with van der Waals surface area (Å²) in [6.45, 7) is 0. The monoisotopic (exact) mass is 304 g/mol. The predicted molar refractivity (Wildman–Crippen MR) is 61.2 cm³/mol. The summed E-state index contributed by atoms with van der Waals surface area (Å²) in [6, 6.07) is 3.22. The highest BCUT2D eigenvalue weighted by Gasteiger charge is 2.12. The lowest BCUT2D eigenvalue weighted by Crippen LogP contribution is -2.16. The molecule has 0 saturated carbocycles. The van der Waals surface area contributed by atoms with Gasteiger partial charge in [0.25, 0.3) is 0 Å². The summed E-state index contributed by atoms with van der Waals surface area (Å²) in [6.07, 6.45) is 0. The summed E-state index contributed by atoms with van der Waals surface area (Å²) in [5, 5.41) is 9.52. The molecule has 0 spiro atoms. The van der Waals surface area contributed by atoms with E-state index in [4.69, 9.17) is 16.3 Å². The van der Waals surface area contributed by atoms with Crippen LogP contribution in [0, 0.1) is 0 Å². The molecule has 84 valence electrons. The van der Waals surface area contributed by atoms with Gasteiger partial charge in [-0.1, -0.05) is 11.6 Å². The largest absolute Gasteiger partial charge is 0.495 e. The molecule has 1 aromatic carbocycles. The molecule has 6 nitrogen and oxygen atoms in total. The number of tetrazole rings is 1. The lowest BCUT2D eigenvalue weighted by atomic mass is 10.3. The summed E-state index contributed by atoms with van der Waals surface area (Å²) in [4.78, 5) is 11.3. The molecule has 0 aliphatic carbocycles. The Hall–Kier alpha value is -1.34. The zero-order valence-electron chi connectivity index (χ0n) is 8.07. The molecule has 2 aromatic rings. The van der Waals surface area contributed by atoms with Crippen molar-refractivity contribution < 1.29 is 4.74 Å². The molecule has 0 fully saturated rings. The topological polar surface area (TPSA) is 72.8 Å². The molecule has 1 heterocycles. The zero-order valence-corrected chi connectivity index (χ0v) is 10.4. The van der Waals surface area contributed by atoms with Crippen LogP contribution in [-0.4, -0.2) is 27.3 Å². The SMILES string of the molecule is COc1cc(-n2nn[nH]c2=O)c(Cl)cc1Br. The average molecular weight is 306 g/mol. The Morgan fingerprint density at radius 2 is 2.31 bits per heavy atom. The molecule has 0 aliphatic heterocycles. The first-order valence-electron chi connectivity index (χ1n) is 4.17. The molecule has 0 atom stereocenters. The van der Waals surface area contributed by atoms with Crippen molar-refractivity contribution in [1.29, 1.82) is 0 Å². The minimum atomic E-state index is -0.466. The Kier molecular flexibility index (Phi) is 2.97. The van der Waals surface area contributed by atoms with Crippen molar-refractivity contribution in [3.05, 3.63) is 32.1 Å². The van der Waals surface area contributed by atoms with Crippen LogP contribution in [0.15, 0.2) is 21.4 Å². The van der Waals surface area contributed by atoms with Crippen molar-refractivity contribution in [1.82, 2.24) is 20.2 Å². The molecule has 0 bridgehead atoms. The van der Waals surface area contributed by atoms with Gasteiger partial charge in [-0.05, 0) is 32.4 Å². The lowest BCUT2D eigenvalue weighted by molar-refractivity contribution is 0.412. The predicted octanol–water partition coefficient (Wildman–Crippen LogP) is 1.38. The number of H-pyrrole nitrogens is 1. The maximum atomic E-state index is 11.3. The van der Waals surface area contributed by atoms with Gasteiger partial charge in [0.2, 0.25) is 0 Å². The van der Waals surface area contributed by atoms with Crippen LogP contribution in [0.5, 0.6) is 5.75 Å². The maximum Gasteiger partial charge on any atom is 0.365 e. The van der Waals surface area contributed by atoms with Gasteiger partial charge < -0.3 is 4.74 Å². The third kappa shape index (κ3) is 1.83. The van der Waals surface area contributed by atoms with Gasteiger partial charge >= 0.3 is 5.69 Å². The number of ether oxygens (including phenoxy) is 1. The fourth-order valence-electron chi connectivity index (χ4n) is 1.19. The molecule has 0 radical (unpaired) electrons. The van der Waals surface area contributed by atoms with Gasteiger partial charge in [-0.2, -0.15) is 4.68 Å². The molecule has 0 aliphatic rings. The zero-order chi connectivity index (χ0) is 11.7. The molecule has 0 saturated heterocycles. The van der Waals surface area contributed by atoms with E-state index in [1.807, 2.05) is 0 Å². The van der Waals surface area contributed by atoms with Gasteiger partial charge in [0.05, 0.1) is 22.3 Å². The van der Waals surface area contributed by atoms with Crippen LogP contribution < -0.4 is 10.4 Å². The van der Waals surface area contributed by atoms with Crippen molar-refractivity contribution in [3.63, 3.8) is 0 Å². The minimum Gasteiger partial charge on any atom is -0.495 e. The second-order valence-corrected chi connectivity index (χ2v) is 4.12. The van der Waals surface area contributed by atoms with Crippen LogP contribution >= 0.6 is 27.5 Å². The smallest absolute Gasteiger partial charge is 0.365 e.